The highest BCUT2D eigenvalue weighted by Crippen LogP contribution is 2.27. The van der Waals surface area contributed by atoms with Crippen molar-refractivity contribution in [3.05, 3.63) is 0 Å². The molecule has 0 rings (SSSR count). The Balaban J connectivity index is 4.15. The fourth-order valence-corrected chi connectivity index (χ4v) is 2.67. The summed E-state index contributed by atoms with van der Waals surface area (Å²) in [7, 11) is 0. The summed E-state index contributed by atoms with van der Waals surface area (Å²) in [5, 5.41) is 0. The van der Waals surface area contributed by atoms with Gasteiger partial charge in [-0.3, -0.25) is 0 Å². The summed E-state index contributed by atoms with van der Waals surface area (Å²) >= 11 is 0. The molecular weight excluding hydrogens is 194 g/mol. The molecule has 0 aliphatic carbocycles. The molecule has 0 aromatic heterocycles. The Morgan fingerprint density at radius 2 is 1.62 bits per heavy atom. The van der Waals surface area contributed by atoms with Gasteiger partial charge in [0, 0.05) is 6.04 Å². The lowest BCUT2D eigenvalue weighted by Gasteiger charge is -2.26. The first-order valence-corrected chi connectivity index (χ1v) is 7.26. The van der Waals surface area contributed by atoms with Crippen molar-refractivity contribution in [2.45, 2.75) is 79.2 Å². The van der Waals surface area contributed by atoms with E-state index in [1.54, 1.807) is 0 Å². The molecule has 0 heterocycles. The Morgan fingerprint density at radius 3 is 2.00 bits per heavy atom. The van der Waals surface area contributed by atoms with E-state index in [0.717, 1.165) is 17.8 Å². The molecule has 0 fully saturated rings. The smallest absolute Gasteiger partial charge is 0.00387 e. The third-order valence-electron chi connectivity index (χ3n) is 3.67. The maximum absolute atomic E-state index is 6.05. The molecule has 0 saturated carbocycles. The lowest BCUT2D eigenvalue weighted by molar-refractivity contribution is 0.272. The van der Waals surface area contributed by atoms with Crippen molar-refractivity contribution in [3.63, 3.8) is 0 Å². The monoisotopic (exact) mass is 227 g/mol. The second kappa shape index (κ2) is 9.04. The largest absolute Gasteiger partial charge is 0.328 e. The van der Waals surface area contributed by atoms with E-state index < -0.39 is 0 Å². The highest BCUT2D eigenvalue weighted by atomic mass is 14.6. The average Bonchev–Trinajstić information content (AvgIpc) is 2.20. The van der Waals surface area contributed by atoms with Gasteiger partial charge in [-0.05, 0) is 37.5 Å². The molecule has 1 heteroatoms. The molecule has 98 valence electrons. The van der Waals surface area contributed by atoms with Gasteiger partial charge >= 0.3 is 0 Å². The van der Waals surface area contributed by atoms with Crippen LogP contribution in [0.3, 0.4) is 0 Å². The van der Waals surface area contributed by atoms with E-state index in [-0.39, 0.29) is 0 Å². The summed E-state index contributed by atoms with van der Waals surface area (Å²) in [6.45, 7) is 11.4. The molecule has 0 aromatic rings. The Labute approximate surface area is 103 Å². The fourth-order valence-electron chi connectivity index (χ4n) is 2.67. The van der Waals surface area contributed by atoms with Gasteiger partial charge in [0.05, 0.1) is 0 Å². The summed E-state index contributed by atoms with van der Waals surface area (Å²) in [4.78, 5) is 0. The molecule has 0 aliphatic rings. The first-order chi connectivity index (χ1) is 7.51. The quantitative estimate of drug-likeness (QED) is 0.612. The normalized spacial score (nSPS) is 17.4. The van der Waals surface area contributed by atoms with E-state index in [1.165, 1.54) is 38.5 Å². The maximum atomic E-state index is 6.05. The molecule has 0 spiro atoms. The van der Waals surface area contributed by atoms with Crippen LogP contribution in [0.4, 0.5) is 0 Å². The van der Waals surface area contributed by atoms with Crippen LogP contribution in [-0.4, -0.2) is 6.04 Å². The van der Waals surface area contributed by atoms with Crippen LogP contribution < -0.4 is 5.73 Å². The second-order valence-electron chi connectivity index (χ2n) is 5.90. The Bertz CT molecular complexity index is 152. The molecule has 1 nitrogen and oxygen atoms in total. The third-order valence-corrected chi connectivity index (χ3v) is 3.67. The molecule has 0 bridgehead atoms. The van der Waals surface area contributed by atoms with Crippen LogP contribution in [0.5, 0.6) is 0 Å². The van der Waals surface area contributed by atoms with Crippen LogP contribution >= 0.6 is 0 Å². The average molecular weight is 227 g/mol. The van der Waals surface area contributed by atoms with Gasteiger partial charge in [0.1, 0.15) is 0 Å². The molecule has 16 heavy (non-hydrogen) atoms. The van der Waals surface area contributed by atoms with Crippen LogP contribution in [0.25, 0.3) is 0 Å². The van der Waals surface area contributed by atoms with Crippen molar-refractivity contribution in [2.24, 2.45) is 23.5 Å². The van der Waals surface area contributed by atoms with Gasteiger partial charge < -0.3 is 5.73 Å². The Kier molecular flexibility index (Phi) is 9.02. The SMILES string of the molecule is CCCCC(CC(C)C)CC(CC)C(C)N. The number of hydrogen-bond acceptors (Lipinski definition) is 1. The van der Waals surface area contributed by atoms with Crippen molar-refractivity contribution in [3.8, 4) is 0 Å². The van der Waals surface area contributed by atoms with Gasteiger partial charge in [0.15, 0.2) is 0 Å². The molecule has 3 atom stereocenters. The van der Waals surface area contributed by atoms with Gasteiger partial charge in [-0.25, -0.2) is 0 Å². The predicted molar refractivity (Wildman–Crippen MR) is 74.5 cm³/mol. The van der Waals surface area contributed by atoms with Gasteiger partial charge in [0.25, 0.3) is 0 Å². The Morgan fingerprint density at radius 1 is 1.00 bits per heavy atom. The van der Waals surface area contributed by atoms with Crippen molar-refractivity contribution in [2.75, 3.05) is 0 Å². The number of nitrogens with two attached hydrogens (primary N) is 1. The van der Waals surface area contributed by atoms with E-state index in [0.29, 0.717) is 6.04 Å². The van der Waals surface area contributed by atoms with Gasteiger partial charge in [0.2, 0.25) is 0 Å². The van der Waals surface area contributed by atoms with Crippen LogP contribution in [0.15, 0.2) is 0 Å². The molecular formula is C15H33N. The summed E-state index contributed by atoms with van der Waals surface area (Å²) < 4.78 is 0. The zero-order valence-corrected chi connectivity index (χ0v) is 12.1. The van der Waals surface area contributed by atoms with Gasteiger partial charge in [-0.1, -0.05) is 53.4 Å². The maximum Gasteiger partial charge on any atom is 0.00387 e. The van der Waals surface area contributed by atoms with E-state index in [2.05, 4.69) is 34.6 Å². The minimum absolute atomic E-state index is 0.362. The molecule has 0 aromatic carbocycles. The van der Waals surface area contributed by atoms with Crippen LogP contribution in [-0.2, 0) is 0 Å². The molecule has 0 radical (unpaired) electrons. The van der Waals surface area contributed by atoms with E-state index in [9.17, 15) is 0 Å². The lowest BCUT2D eigenvalue weighted by Crippen LogP contribution is -2.28. The van der Waals surface area contributed by atoms with Crippen molar-refractivity contribution in [1.29, 1.82) is 0 Å². The molecule has 3 unspecified atom stereocenters. The minimum atomic E-state index is 0.362. The summed E-state index contributed by atoms with van der Waals surface area (Å²) in [6, 6.07) is 0.362. The zero-order chi connectivity index (χ0) is 12.6. The molecule has 2 N–H and O–H groups in total. The third kappa shape index (κ3) is 7.27. The molecule has 0 saturated heterocycles. The van der Waals surface area contributed by atoms with Crippen molar-refractivity contribution < 1.29 is 0 Å². The molecule has 0 amide bonds. The lowest BCUT2D eigenvalue weighted by atomic mass is 9.81. The number of unbranched alkanes of at least 4 members (excludes halogenated alkanes) is 1. The van der Waals surface area contributed by atoms with E-state index in [4.69, 9.17) is 5.73 Å². The van der Waals surface area contributed by atoms with Crippen LogP contribution in [0.1, 0.15) is 73.1 Å². The second-order valence-corrected chi connectivity index (χ2v) is 5.90. The standard InChI is InChI=1S/C15H33N/c1-6-8-9-14(10-12(3)4)11-15(7-2)13(5)16/h12-15H,6-11,16H2,1-5H3. The van der Waals surface area contributed by atoms with Gasteiger partial charge in [-0.15, -0.1) is 0 Å². The summed E-state index contributed by atoms with van der Waals surface area (Å²) in [6.07, 6.45) is 8.06. The highest BCUT2D eigenvalue weighted by Gasteiger charge is 2.18. The van der Waals surface area contributed by atoms with Crippen molar-refractivity contribution in [1.82, 2.24) is 0 Å². The molecule has 0 aliphatic heterocycles. The van der Waals surface area contributed by atoms with E-state index in [1.807, 2.05) is 0 Å². The summed E-state index contributed by atoms with van der Waals surface area (Å²) in [5.41, 5.74) is 6.05. The topological polar surface area (TPSA) is 26.0 Å². The fraction of sp³-hybridized carbons (Fsp3) is 1.00. The summed E-state index contributed by atoms with van der Waals surface area (Å²) in [5.74, 6) is 2.45. The zero-order valence-electron chi connectivity index (χ0n) is 12.1. The first kappa shape index (κ1) is 16.0. The van der Waals surface area contributed by atoms with Crippen LogP contribution in [0.2, 0.25) is 0 Å². The van der Waals surface area contributed by atoms with Crippen LogP contribution in [0, 0.1) is 17.8 Å². The minimum Gasteiger partial charge on any atom is -0.328 e. The predicted octanol–water partition coefficient (Wildman–Crippen LogP) is 4.60. The van der Waals surface area contributed by atoms with Crippen molar-refractivity contribution >= 4 is 0 Å². The first-order valence-electron chi connectivity index (χ1n) is 7.26. The number of rotatable bonds is 9. The van der Waals surface area contributed by atoms with Gasteiger partial charge in [-0.2, -0.15) is 0 Å². The number of hydrogen-bond donors (Lipinski definition) is 1. The highest BCUT2D eigenvalue weighted by molar-refractivity contribution is 4.73. The Hall–Kier alpha value is -0.0400. The van der Waals surface area contributed by atoms with E-state index >= 15 is 0 Å².